The molecule has 2 unspecified atom stereocenters. The zero-order chi connectivity index (χ0) is 10.9. The molecule has 2 atom stereocenters. The van der Waals surface area contributed by atoms with Gasteiger partial charge in [0.1, 0.15) is 0 Å². The largest absolute Gasteiger partial charge is 0.395 e. The molecule has 4 nitrogen and oxygen atoms in total. The number of nitrogens with one attached hydrogen (secondary N) is 1. The predicted octanol–water partition coefficient (Wildman–Crippen LogP) is 0.400. The van der Waals surface area contributed by atoms with Gasteiger partial charge in [0.2, 0.25) is 0 Å². The van der Waals surface area contributed by atoms with Gasteiger partial charge < -0.3 is 19.9 Å². The molecule has 1 aliphatic rings. The van der Waals surface area contributed by atoms with Gasteiger partial charge in [-0.05, 0) is 19.4 Å². The standard InChI is InChI=1S/C11H23NO3/c1-2-4-12-11(6-13)9-15-8-10-3-5-14-7-10/h10-13H,2-9H2,1H3. The maximum absolute atomic E-state index is 9.08. The summed E-state index contributed by atoms with van der Waals surface area (Å²) in [7, 11) is 0. The van der Waals surface area contributed by atoms with E-state index < -0.39 is 0 Å². The summed E-state index contributed by atoms with van der Waals surface area (Å²) in [6.07, 6.45) is 2.18. The van der Waals surface area contributed by atoms with Gasteiger partial charge in [0.05, 0.1) is 32.5 Å². The average molecular weight is 217 g/mol. The summed E-state index contributed by atoms with van der Waals surface area (Å²) in [6, 6.07) is 0.0762. The molecule has 15 heavy (non-hydrogen) atoms. The summed E-state index contributed by atoms with van der Waals surface area (Å²) in [5.41, 5.74) is 0. The van der Waals surface area contributed by atoms with Gasteiger partial charge >= 0.3 is 0 Å². The van der Waals surface area contributed by atoms with Crippen molar-refractivity contribution < 1.29 is 14.6 Å². The summed E-state index contributed by atoms with van der Waals surface area (Å²) in [4.78, 5) is 0. The lowest BCUT2D eigenvalue weighted by molar-refractivity contribution is 0.0607. The van der Waals surface area contributed by atoms with Crippen molar-refractivity contribution in [3.63, 3.8) is 0 Å². The van der Waals surface area contributed by atoms with E-state index in [0.29, 0.717) is 12.5 Å². The van der Waals surface area contributed by atoms with Crippen molar-refractivity contribution in [1.29, 1.82) is 0 Å². The average Bonchev–Trinajstić information content (AvgIpc) is 2.76. The third kappa shape index (κ3) is 5.47. The molecule has 0 radical (unpaired) electrons. The van der Waals surface area contributed by atoms with Crippen molar-refractivity contribution >= 4 is 0 Å². The Morgan fingerprint density at radius 1 is 1.60 bits per heavy atom. The normalized spacial score (nSPS) is 23.2. The molecule has 90 valence electrons. The molecular formula is C11H23NO3. The molecule has 1 fully saturated rings. The fourth-order valence-electron chi connectivity index (χ4n) is 1.62. The zero-order valence-electron chi connectivity index (χ0n) is 9.58. The van der Waals surface area contributed by atoms with Crippen molar-refractivity contribution in [3.8, 4) is 0 Å². The molecule has 0 aromatic heterocycles. The first-order valence-corrected chi connectivity index (χ1v) is 5.86. The van der Waals surface area contributed by atoms with Crippen LogP contribution in [0.1, 0.15) is 19.8 Å². The van der Waals surface area contributed by atoms with Crippen LogP contribution in [0.2, 0.25) is 0 Å². The van der Waals surface area contributed by atoms with E-state index in [0.717, 1.165) is 39.2 Å². The van der Waals surface area contributed by atoms with Crippen molar-refractivity contribution in [2.75, 3.05) is 39.6 Å². The smallest absolute Gasteiger partial charge is 0.0642 e. The van der Waals surface area contributed by atoms with Crippen LogP contribution in [0.15, 0.2) is 0 Å². The Balaban J connectivity index is 2.00. The molecule has 1 heterocycles. The Morgan fingerprint density at radius 3 is 3.07 bits per heavy atom. The highest BCUT2D eigenvalue weighted by atomic mass is 16.5. The van der Waals surface area contributed by atoms with Crippen molar-refractivity contribution in [3.05, 3.63) is 0 Å². The highest BCUT2D eigenvalue weighted by molar-refractivity contribution is 4.66. The van der Waals surface area contributed by atoms with E-state index in [4.69, 9.17) is 14.6 Å². The van der Waals surface area contributed by atoms with Crippen LogP contribution in [0, 0.1) is 5.92 Å². The number of rotatable bonds is 8. The minimum absolute atomic E-state index is 0.0762. The van der Waals surface area contributed by atoms with Gasteiger partial charge in [-0.2, -0.15) is 0 Å². The SMILES string of the molecule is CCCNC(CO)COCC1CCOC1. The van der Waals surface area contributed by atoms with Crippen molar-refractivity contribution in [1.82, 2.24) is 5.32 Å². The number of aliphatic hydroxyl groups excluding tert-OH is 1. The van der Waals surface area contributed by atoms with Crippen LogP contribution in [0.3, 0.4) is 0 Å². The fraction of sp³-hybridized carbons (Fsp3) is 1.00. The van der Waals surface area contributed by atoms with Crippen LogP contribution in [0.4, 0.5) is 0 Å². The molecular weight excluding hydrogens is 194 g/mol. The second kappa shape index (κ2) is 8.05. The lowest BCUT2D eigenvalue weighted by Gasteiger charge is -2.17. The minimum Gasteiger partial charge on any atom is -0.395 e. The summed E-state index contributed by atoms with van der Waals surface area (Å²) >= 11 is 0. The van der Waals surface area contributed by atoms with Gasteiger partial charge in [-0.15, -0.1) is 0 Å². The summed E-state index contributed by atoms with van der Waals surface area (Å²) in [6.45, 7) is 6.22. The molecule has 1 aliphatic heterocycles. The molecule has 0 aromatic rings. The maximum Gasteiger partial charge on any atom is 0.0642 e. The molecule has 0 bridgehead atoms. The first-order chi connectivity index (χ1) is 7.36. The molecule has 0 aliphatic carbocycles. The van der Waals surface area contributed by atoms with Gasteiger partial charge in [-0.3, -0.25) is 0 Å². The van der Waals surface area contributed by atoms with E-state index in [9.17, 15) is 0 Å². The van der Waals surface area contributed by atoms with Crippen LogP contribution in [0.25, 0.3) is 0 Å². The molecule has 1 rings (SSSR count). The second-order valence-electron chi connectivity index (χ2n) is 4.10. The zero-order valence-corrected chi connectivity index (χ0v) is 9.58. The number of hydrogen-bond acceptors (Lipinski definition) is 4. The van der Waals surface area contributed by atoms with Crippen molar-refractivity contribution in [2.45, 2.75) is 25.8 Å². The second-order valence-corrected chi connectivity index (χ2v) is 4.10. The van der Waals surface area contributed by atoms with E-state index in [1.54, 1.807) is 0 Å². The lowest BCUT2D eigenvalue weighted by atomic mass is 10.1. The van der Waals surface area contributed by atoms with E-state index in [-0.39, 0.29) is 12.6 Å². The lowest BCUT2D eigenvalue weighted by Crippen LogP contribution is -2.37. The number of aliphatic hydroxyl groups is 1. The Labute approximate surface area is 92.0 Å². The highest BCUT2D eigenvalue weighted by Gasteiger charge is 2.16. The third-order valence-electron chi connectivity index (χ3n) is 2.60. The molecule has 0 spiro atoms. The number of ether oxygens (including phenoxy) is 2. The van der Waals surface area contributed by atoms with Crippen LogP contribution >= 0.6 is 0 Å². The van der Waals surface area contributed by atoms with Crippen LogP contribution in [-0.4, -0.2) is 50.7 Å². The van der Waals surface area contributed by atoms with Gasteiger partial charge in [-0.25, -0.2) is 0 Å². The molecule has 0 saturated carbocycles. The van der Waals surface area contributed by atoms with Crippen LogP contribution in [0.5, 0.6) is 0 Å². The summed E-state index contributed by atoms with van der Waals surface area (Å²) < 4.78 is 10.8. The van der Waals surface area contributed by atoms with E-state index in [2.05, 4.69) is 12.2 Å². The Bertz CT molecular complexity index is 149. The van der Waals surface area contributed by atoms with Gasteiger partial charge in [0.25, 0.3) is 0 Å². The minimum atomic E-state index is 0.0762. The van der Waals surface area contributed by atoms with Gasteiger partial charge in [-0.1, -0.05) is 6.92 Å². The Kier molecular flexibility index (Phi) is 6.92. The summed E-state index contributed by atoms with van der Waals surface area (Å²) in [5, 5.41) is 12.3. The predicted molar refractivity (Wildman–Crippen MR) is 58.9 cm³/mol. The molecule has 0 aromatic carbocycles. The molecule has 2 N–H and O–H groups in total. The number of hydrogen-bond donors (Lipinski definition) is 2. The first-order valence-electron chi connectivity index (χ1n) is 5.86. The van der Waals surface area contributed by atoms with Gasteiger partial charge in [0.15, 0.2) is 0 Å². The van der Waals surface area contributed by atoms with E-state index in [1.165, 1.54) is 0 Å². The molecule has 0 amide bonds. The van der Waals surface area contributed by atoms with Gasteiger partial charge in [0, 0.05) is 12.5 Å². The Morgan fingerprint density at radius 2 is 2.47 bits per heavy atom. The highest BCUT2D eigenvalue weighted by Crippen LogP contribution is 2.12. The maximum atomic E-state index is 9.08. The van der Waals surface area contributed by atoms with Crippen molar-refractivity contribution in [2.24, 2.45) is 5.92 Å². The Hall–Kier alpha value is -0.160. The van der Waals surface area contributed by atoms with E-state index >= 15 is 0 Å². The third-order valence-corrected chi connectivity index (χ3v) is 2.60. The van der Waals surface area contributed by atoms with E-state index in [1.807, 2.05) is 0 Å². The topological polar surface area (TPSA) is 50.7 Å². The molecule has 4 heteroatoms. The summed E-state index contributed by atoms with van der Waals surface area (Å²) in [5.74, 6) is 0.551. The van der Waals surface area contributed by atoms with Crippen LogP contribution < -0.4 is 5.32 Å². The first kappa shape index (κ1) is 12.9. The quantitative estimate of drug-likeness (QED) is 0.618. The molecule has 1 saturated heterocycles. The van der Waals surface area contributed by atoms with Crippen LogP contribution in [-0.2, 0) is 9.47 Å². The fourth-order valence-corrected chi connectivity index (χ4v) is 1.62. The monoisotopic (exact) mass is 217 g/mol.